The maximum absolute atomic E-state index is 13.1. The molecule has 0 aromatic carbocycles. The first kappa shape index (κ1) is 28.6. The predicted molar refractivity (Wildman–Crippen MR) is 162 cm³/mol. The van der Waals surface area contributed by atoms with Crippen LogP contribution in [0.2, 0.25) is 5.15 Å². The van der Waals surface area contributed by atoms with Gasteiger partial charge in [-0.15, -0.1) is 5.10 Å². The molecule has 13 heteroatoms. The molecule has 0 spiro atoms. The van der Waals surface area contributed by atoms with Crippen molar-refractivity contribution in [2.24, 2.45) is 0 Å². The van der Waals surface area contributed by atoms with E-state index >= 15 is 0 Å². The molecule has 1 amide bonds. The maximum Gasteiger partial charge on any atom is 0.316 e. The monoisotopic (exact) mass is 594 g/mol. The van der Waals surface area contributed by atoms with Gasteiger partial charge in [-0.2, -0.15) is 0 Å². The lowest BCUT2D eigenvalue weighted by atomic mass is 9.96. The van der Waals surface area contributed by atoms with Gasteiger partial charge < -0.3 is 25.3 Å². The minimum atomic E-state index is -0.0805. The van der Waals surface area contributed by atoms with E-state index < -0.39 is 0 Å². The summed E-state index contributed by atoms with van der Waals surface area (Å²) in [5.74, 6) is 1.36. The average Bonchev–Trinajstić information content (AvgIpc) is 3.52. The van der Waals surface area contributed by atoms with Gasteiger partial charge in [0.1, 0.15) is 22.5 Å². The zero-order chi connectivity index (χ0) is 29.6. The van der Waals surface area contributed by atoms with Crippen LogP contribution in [0.3, 0.4) is 0 Å². The lowest BCUT2D eigenvalue weighted by Gasteiger charge is -2.50. The molecule has 0 bridgehead atoms. The number of nitrogens with two attached hydrogens (primary N) is 1. The number of nitrogen functional groups attached to an aromatic ring is 1. The molecule has 1 aliphatic carbocycles. The Morgan fingerprint density at radius 2 is 1.95 bits per heavy atom. The molecule has 3 aliphatic rings. The maximum atomic E-state index is 13.1. The Balaban J connectivity index is 1.09. The fourth-order valence-corrected chi connectivity index (χ4v) is 6.33. The number of carbonyl (C=O) groups is 1. The zero-order valence-corrected chi connectivity index (χ0v) is 25.4. The summed E-state index contributed by atoms with van der Waals surface area (Å²) in [4.78, 5) is 33.7. The number of aromatic nitrogens is 5. The van der Waals surface area contributed by atoms with Crippen molar-refractivity contribution in [2.45, 2.75) is 83.5 Å². The van der Waals surface area contributed by atoms with Gasteiger partial charge in [0.25, 0.3) is 11.8 Å². The van der Waals surface area contributed by atoms with E-state index in [2.05, 4.69) is 51.1 Å². The Morgan fingerprint density at radius 3 is 2.62 bits per heavy atom. The number of aryl methyl sites for hydroxylation is 1. The number of carbonyl (C=O) groups excluding carboxylic acids is 1. The van der Waals surface area contributed by atoms with E-state index in [0.29, 0.717) is 48.3 Å². The Hall–Kier alpha value is -3.51. The third-order valence-electron chi connectivity index (χ3n) is 8.94. The number of nitrogens with zero attached hydrogens (tertiary/aromatic N) is 8. The van der Waals surface area contributed by atoms with Crippen molar-refractivity contribution in [3.8, 4) is 11.6 Å². The molecule has 2 aliphatic heterocycles. The molecule has 2 saturated heterocycles. The van der Waals surface area contributed by atoms with Gasteiger partial charge in [-0.25, -0.2) is 15.0 Å². The van der Waals surface area contributed by atoms with E-state index in [1.807, 2.05) is 11.8 Å². The van der Waals surface area contributed by atoms with Crippen molar-refractivity contribution in [1.29, 1.82) is 0 Å². The van der Waals surface area contributed by atoms with Crippen LogP contribution in [0.5, 0.6) is 0 Å². The summed E-state index contributed by atoms with van der Waals surface area (Å²) in [5.41, 5.74) is 7.87. The number of hydrogen-bond acceptors (Lipinski definition) is 11. The summed E-state index contributed by atoms with van der Waals surface area (Å²) in [5, 5.41) is 11.9. The first-order chi connectivity index (χ1) is 20.1. The molecule has 42 heavy (non-hydrogen) atoms. The lowest BCUT2D eigenvalue weighted by Crippen LogP contribution is -2.62. The smallest absolute Gasteiger partial charge is 0.316 e. The Kier molecular flexibility index (Phi) is 7.69. The molecular formula is C29H39ClN10O2. The van der Waals surface area contributed by atoms with Gasteiger partial charge >= 0.3 is 6.01 Å². The molecule has 1 saturated carbocycles. The number of nitrogens with one attached hydrogen (secondary N) is 1. The van der Waals surface area contributed by atoms with Crippen LogP contribution in [-0.4, -0.2) is 90.7 Å². The summed E-state index contributed by atoms with van der Waals surface area (Å²) < 4.78 is 5.83. The molecular weight excluding hydrogens is 556 g/mol. The summed E-state index contributed by atoms with van der Waals surface area (Å²) in [6.45, 7) is 11.8. The Labute approximate surface area is 251 Å². The van der Waals surface area contributed by atoms with Crippen LogP contribution in [0.1, 0.15) is 68.9 Å². The van der Waals surface area contributed by atoms with E-state index in [1.165, 1.54) is 0 Å². The van der Waals surface area contributed by atoms with E-state index in [4.69, 9.17) is 31.7 Å². The largest absolute Gasteiger partial charge is 0.402 e. The summed E-state index contributed by atoms with van der Waals surface area (Å²) in [6.07, 6.45) is 6.79. The number of piperazine rings is 1. The molecule has 2 atom stereocenters. The van der Waals surface area contributed by atoms with Gasteiger partial charge in [0.05, 0.1) is 17.5 Å². The molecule has 3 fully saturated rings. The molecule has 6 rings (SSSR count). The summed E-state index contributed by atoms with van der Waals surface area (Å²) in [6, 6.07) is 4.74. The Bertz CT molecular complexity index is 1450. The number of anilines is 3. The lowest BCUT2D eigenvalue weighted by molar-refractivity contribution is 0.0435. The minimum absolute atomic E-state index is 0.0570. The first-order valence-electron chi connectivity index (χ1n) is 14.8. The van der Waals surface area contributed by atoms with Crippen molar-refractivity contribution in [3.63, 3.8) is 0 Å². The number of amides is 1. The minimum Gasteiger partial charge on any atom is -0.402 e. The Morgan fingerprint density at radius 1 is 1.19 bits per heavy atom. The van der Waals surface area contributed by atoms with Gasteiger partial charge in [0.2, 0.25) is 0 Å². The fraction of sp³-hybridized carbons (Fsp3) is 0.586. The van der Waals surface area contributed by atoms with Crippen LogP contribution in [0.4, 0.5) is 17.7 Å². The van der Waals surface area contributed by atoms with E-state index in [0.717, 1.165) is 56.7 Å². The van der Waals surface area contributed by atoms with Crippen molar-refractivity contribution in [3.05, 3.63) is 34.7 Å². The number of pyridine rings is 1. The van der Waals surface area contributed by atoms with Gasteiger partial charge in [-0.05, 0) is 65.0 Å². The summed E-state index contributed by atoms with van der Waals surface area (Å²) >= 11 is 5.92. The molecule has 224 valence electrons. The number of hydrogen-bond donors (Lipinski definition) is 2. The van der Waals surface area contributed by atoms with E-state index in [9.17, 15) is 4.79 Å². The molecule has 12 nitrogen and oxygen atoms in total. The molecule has 3 N–H and O–H groups in total. The number of likely N-dealkylation sites (tertiary alicyclic amines) is 1. The highest BCUT2D eigenvalue weighted by molar-refractivity contribution is 6.29. The zero-order valence-electron chi connectivity index (χ0n) is 24.7. The summed E-state index contributed by atoms with van der Waals surface area (Å²) in [7, 11) is 0. The van der Waals surface area contributed by atoms with Crippen LogP contribution >= 0.6 is 11.6 Å². The second-order valence-electron chi connectivity index (χ2n) is 12.1. The van der Waals surface area contributed by atoms with Crippen molar-refractivity contribution >= 4 is 35.2 Å². The van der Waals surface area contributed by atoms with Crippen molar-refractivity contribution in [1.82, 2.24) is 34.9 Å². The SMILES string of the molecule is CC[C@H]1CN(c2ncc(-c3nnc(NC4(C)CC4)o3)nc2C)[C@H](C)CN1C1CCN(C(=O)c2ccc(Cl)nc2N)CC1. The van der Waals surface area contributed by atoms with Crippen LogP contribution in [0.15, 0.2) is 22.7 Å². The highest BCUT2D eigenvalue weighted by Gasteiger charge is 2.39. The topological polar surface area (TPSA) is 142 Å². The highest BCUT2D eigenvalue weighted by Crippen LogP contribution is 2.38. The van der Waals surface area contributed by atoms with Crippen LogP contribution < -0.4 is 16.0 Å². The number of rotatable bonds is 7. The third kappa shape index (κ3) is 5.74. The van der Waals surface area contributed by atoms with Gasteiger partial charge in [0.15, 0.2) is 0 Å². The van der Waals surface area contributed by atoms with Crippen molar-refractivity contribution < 1.29 is 9.21 Å². The molecule has 5 heterocycles. The predicted octanol–water partition coefficient (Wildman–Crippen LogP) is 4.02. The van der Waals surface area contributed by atoms with E-state index in [-0.39, 0.29) is 28.5 Å². The second-order valence-corrected chi connectivity index (χ2v) is 12.5. The molecule has 0 unspecified atom stereocenters. The number of halogens is 1. The molecule has 0 radical (unpaired) electrons. The fourth-order valence-electron chi connectivity index (χ4n) is 6.18. The third-order valence-corrected chi connectivity index (χ3v) is 9.15. The van der Waals surface area contributed by atoms with Gasteiger partial charge in [0, 0.05) is 49.8 Å². The molecule has 3 aromatic heterocycles. The highest BCUT2D eigenvalue weighted by atomic mass is 35.5. The van der Waals surface area contributed by atoms with Gasteiger partial charge in [-0.1, -0.05) is 23.6 Å². The average molecular weight is 595 g/mol. The first-order valence-corrected chi connectivity index (χ1v) is 15.2. The van der Waals surface area contributed by atoms with Crippen LogP contribution in [0, 0.1) is 6.92 Å². The quantitative estimate of drug-likeness (QED) is 0.383. The normalized spacial score (nSPS) is 22.8. The van der Waals surface area contributed by atoms with Crippen LogP contribution in [0.25, 0.3) is 11.6 Å². The van der Waals surface area contributed by atoms with E-state index in [1.54, 1.807) is 18.3 Å². The van der Waals surface area contributed by atoms with Crippen LogP contribution in [-0.2, 0) is 0 Å². The van der Waals surface area contributed by atoms with Crippen molar-refractivity contribution in [2.75, 3.05) is 42.1 Å². The molecule has 3 aromatic rings. The van der Waals surface area contributed by atoms with Gasteiger partial charge in [-0.3, -0.25) is 9.69 Å². The number of piperidine rings is 1. The standard InChI is InChI=1S/C29H39ClN10O2/c1-5-19-16-39(25-18(3)33-22(14-32-25)26-36-37-28(42-26)35-29(4)10-11-29)17(2)15-40(19)20-8-12-38(13-9-20)27(41)21-6-7-23(30)34-24(21)31/h6-7,14,17,19-20H,5,8-13,15-16H2,1-4H3,(H2,31,34)(H,35,37)/t17-,19+/m1/s1. The second kappa shape index (κ2) is 11.3.